The van der Waals surface area contributed by atoms with Gasteiger partial charge in [0.2, 0.25) is 5.79 Å². The molecule has 4 aliphatic rings. The van der Waals surface area contributed by atoms with Crippen LogP contribution in [0.3, 0.4) is 0 Å². The van der Waals surface area contributed by atoms with E-state index in [1.54, 1.807) is 0 Å². The molecule has 0 amide bonds. The predicted molar refractivity (Wildman–Crippen MR) is 124 cm³/mol. The van der Waals surface area contributed by atoms with Crippen LogP contribution >= 0.6 is 0 Å². The number of hydrogen-bond donors (Lipinski definition) is 0. The topological polar surface area (TPSA) is 52.6 Å². The summed E-state index contributed by atoms with van der Waals surface area (Å²) in [6.07, 6.45) is 4.96. The molecule has 0 unspecified atom stereocenters. The summed E-state index contributed by atoms with van der Waals surface area (Å²) < 4.78 is 13.9. The number of carbonyl (C=O) groups is 2. The standard InChI is InChI=1S/C29H30O4/c1-19-8-12-21(13-9-19)28(22-14-10-20(2)11-15-22)18-27-17-23-24(30)5-3-6-25(23)32-29(27,33-28)16-4-7-26(27)31/h8-15H,3-7,16-18H2,1-2H3/t27-,29+/m1/s1. The summed E-state index contributed by atoms with van der Waals surface area (Å²) in [5.41, 5.74) is 3.51. The van der Waals surface area contributed by atoms with Crippen LogP contribution in [0.1, 0.15) is 73.6 Å². The maximum Gasteiger partial charge on any atom is 0.224 e. The molecule has 4 nitrogen and oxygen atoms in total. The van der Waals surface area contributed by atoms with E-state index < -0.39 is 16.8 Å². The van der Waals surface area contributed by atoms with Gasteiger partial charge in [0.25, 0.3) is 0 Å². The van der Waals surface area contributed by atoms with Gasteiger partial charge in [-0.25, -0.2) is 0 Å². The molecule has 33 heavy (non-hydrogen) atoms. The van der Waals surface area contributed by atoms with E-state index in [1.807, 2.05) is 0 Å². The monoisotopic (exact) mass is 442 g/mol. The van der Waals surface area contributed by atoms with Gasteiger partial charge in [0.1, 0.15) is 22.6 Å². The van der Waals surface area contributed by atoms with E-state index in [4.69, 9.17) is 9.47 Å². The molecule has 0 spiro atoms. The Labute approximate surface area is 195 Å². The van der Waals surface area contributed by atoms with Crippen molar-refractivity contribution < 1.29 is 19.1 Å². The molecule has 170 valence electrons. The Hall–Kier alpha value is -2.72. The Morgan fingerprint density at radius 2 is 1.42 bits per heavy atom. The molecule has 1 saturated heterocycles. The summed E-state index contributed by atoms with van der Waals surface area (Å²) in [6.45, 7) is 4.15. The molecule has 2 aliphatic heterocycles. The number of carbonyl (C=O) groups excluding carboxylic acids is 2. The van der Waals surface area contributed by atoms with E-state index in [0.29, 0.717) is 32.1 Å². The molecule has 6 rings (SSSR count). The first-order chi connectivity index (χ1) is 15.9. The van der Waals surface area contributed by atoms with Gasteiger partial charge in [-0.15, -0.1) is 0 Å². The molecule has 2 aromatic carbocycles. The van der Waals surface area contributed by atoms with E-state index in [9.17, 15) is 9.59 Å². The van der Waals surface area contributed by atoms with Crippen LogP contribution in [0.4, 0.5) is 0 Å². The van der Waals surface area contributed by atoms with Crippen LogP contribution in [0.15, 0.2) is 59.9 Å². The maximum atomic E-state index is 13.8. The lowest BCUT2D eigenvalue weighted by molar-refractivity contribution is -0.277. The maximum absolute atomic E-state index is 13.8. The second kappa shape index (κ2) is 7.14. The summed E-state index contributed by atoms with van der Waals surface area (Å²) in [7, 11) is 0. The number of rotatable bonds is 2. The molecule has 2 fully saturated rings. The number of hydrogen-bond acceptors (Lipinski definition) is 4. The minimum absolute atomic E-state index is 0.140. The van der Waals surface area contributed by atoms with Gasteiger partial charge in [-0.3, -0.25) is 9.59 Å². The molecule has 2 heterocycles. The fourth-order valence-electron chi connectivity index (χ4n) is 6.57. The zero-order chi connectivity index (χ0) is 22.8. The molecule has 2 atom stereocenters. The van der Waals surface area contributed by atoms with Gasteiger partial charge < -0.3 is 9.47 Å². The Bertz CT molecular complexity index is 1130. The van der Waals surface area contributed by atoms with Crippen LogP contribution in [0.5, 0.6) is 0 Å². The molecule has 4 heteroatoms. The first-order valence-corrected chi connectivity index (χ1v) is 12.2. The SMILES string of the molecule is Cc1ccc(C2(c3ccc(C)cc3)C[C@@]34CC5=C(CCCC5=O)O[C@@]3(CCCC4=O)O2)cc1. The summed E-state index contributed by atoms with van der Waals surface area (Å²) in [5, 5.41) is 0. The van der Waals surface area contributed by atoms with Crippen molar-refractivity contribution in [3.8, 4) is 0 Å². The zero-order valence-corrected chi connectivity index (χ0v) is 19.4. The fourth-order valence-corrected chi connectivity index (χ4v) is 6.57. The van der Waals surface area contributed by atoms with Crippen molar-refractivity contribution in [1.82, 2.24) is 0 Å². The first-order valence-electron chi connectivity index (χ1n) is 12.2. The molecule has 1 saturated carbocycles. The summed E-state index contributed by atoms with van der Waals surface area (Å²) in [4.78, 5) is 26.7. The minimum Gasteiger partial charge on any atom is -0.465 e. The largest absolute Gasteiger partial charge is 0.465 e. The average molecular weight is 443 g/mol. The number of allylic oxidation sites excluding steroid dienone is 2. The third-order valence-electron chi connectivity index (χ3n) is 8.35. The summed E-state index contributed by atoms with van der Waals surface area (Å²) in [5.74, 6) is 0.0647. The lowest BCUT2D eigenvalue weighted by Crippen LogP contribution is -2.57. The molecule has 2 aromatic rings. The molecule has 0 N–H and O–H groups in total. The van der Waals surface area contributed by atoms with Crippen molar-refractivity contribution in [2.75, 3.05) is 0 Å². The number of Topliss-reactive ketones (excluding diaryl/α,β-unsaturated/α-hetero) is 2. The van der Waals surface area contributed by atoms with E-state index >= 15 is 0 Å². The van der Waals surface area contributed by atoms with E-state index in [1.165, 1.54) is 11.1 Å². The smallest absolute Gasteiger partial charge is 0.224 e. The molecule has 0 radical (unpaired) electrons. The predicted octanol–water partition coefficient (Wildman–Crippen LogP) is 5.83. The summed E-state index contributed by atoms with van der Waals surface area (Å²) >= 11 is 0. The van der Waals surface area contributed by atoms with Gasteiger partial charge in [0, 0.05) is 37.7 Å². The highest BCUT2D eigenvalue weighted by atomic mass is 16.7. The van der Waals surface area contributed by atoms with Crippen molar-refractivity contribution in [2.24, 2.45) is 5.41 Å². The van der Waals surface area contributed by atoms with Crippen molar-refractivity contribution >= 4 is 11.6 Å². The quantitative estimate of drug-likeness (QED) is 0.587. The molecule has 0 bridgehead atoms. The first kappa shape index (κ1) is 20.9. The highest BCUT2D eigenvalue weighted by molar-refractivity contribution is 5.99. The lowest BCUT2D eigenvalue weighted by Gasteiger charge is -2.50. The Morgan fingerprint density at radius 3 is 2.06 bits per heavy atom. The highest BCUT2D eigenvalue weighted by Gasteiger charge is 2.73. The van der Waals surface area contributed by atoms with Crippen molar-refractivity contribution in [3.05, 3.63) is 82.1 Å². The Morgan fingerprint density at radius 1 is 0.788 bits per heavy atom. The van der Waals surface area contributed by atoms with E-state index in [0.717, 1.165) is 41.7 Å². The van der Waals surface area contributed by atoms with Crippen LogP contribution in [0.2, 0.25) is 0 Å². The van der Waals surface area contributed by atoms with Crippen LogP contribution in [-0.4, -0.2) is 17.4 Å². The second-order valence-electron chi connectivity index (χ2n) is 10.4. The number of ether oxygens (including phenoxy) is 2. The minimum atomic E-state index is -1.02. The van der Waals surface area contributed by atoms with Gasteiger partial charge >= 0.3 is 0 Å². The lowest BCUT2D eigenvalue weighted by atomic mass is 9.59. The number of ketones is 2. The van der Waals surface area contributed by atoms with Crippen LogP contribution in [0.25, 0.3) is 0 Å². The molecule has 0 aromatic heterocycles. The van der Waals surface area contributed by atoms with Crippen LogP contribution in [-0.2, 0) is 24.7 Å². The molecular weight excluding hydrogens is 412 g/mol. The molecular formula is C29H30O4. The van der Waals surface area contributed by atoms with Crippen molar-refractivity contribution in [1.29, 1.82) is 0 Å². The highest BCUT2D eigenvalue weighted by Crippen LogP contribution is 2.67. The normalized spacial score (nSPS) is 30.4. The molecule has 2 aliphatic carbocycles. The van der Waals surface area contributed by atoms with Crippen LogP contribution in [0, 0.1) is 19.3 Å². The Kier molecular flexibility index (Phi) is 4.51. The van der Waals surface area contributed by atoms with E-state index in [-0.39, 0.29) is 11.6 Å². The Balaban J connectivity index is 1.57. The average Bonchev–Trinajstić information content (AvgIpc) is 3.12. The van der Waals surface area contributed by atoms with Gasteiger partial charge in [-0.05, 0) is 44.2 Å². The third kappa shape index (κ3) is 2.86. The van der Waals surface area contributed by atoms with Crippen molar-refractivity contribution in [3.63, 3.8) is 0 Å². The zero-order valence-electron chi connectivity index (χ0n) is 19.4. The van der Waals surface area contributed by atoms with Gasteiger partial charge in [0.05, 0.1) is 0 Å². The fraction of sp³-hybridized carbons (Fsp3) is 0.448. The second-order valence-corrected chi connectivity index (χ2v) is 10.4. The van der Waals surface area contributed by atoms with Gasteiger partial charge in [0.15, 0.2) is 5.78 Å². The number of aryl methyl sites for hydroxylation is 2. The summed E-state index contributed by atoms with van der Waals surface area (Å²) in [6, 6.07) is 16.9. The van der Waals surface area contributed by atoms with Gasteiger partial charge in [-0.1, -0.05) is 59.7 Å². The third-order valence-corrected chi connectivity index (χ3v) is 8.35. The van der Waals surface area contributed by atoms with E-state index in [2.05, 4.69) is 62.4 Å². The van der Waals surface area contributed by atoms with Crippen LogP contribution < -0.4 is 0 Å². The van der Waals surface area contributed by atoms with Crippen molar-refractivity contribution in [2.45, 2.75) is 76.6 Å². The number of benzene rings is 2. The van der Waals surface area contributed by atoms with Gasteiger partial charge in [-0.2, -0.15) is 0 Å².